The van der Waals surface area contributed by atoms with E-state index in [0.717, 1.165) is 24.4 Å². The fourth-order valence-corrected chi connectivity index (χ4v) is 3.41. The van der Waals surface area contributed by atoms with Crippen LogP contribution in [0.25, 0.3) is 0 Å². The number of hydrogen-bond donors (Lipinski definition) is 1. The summed E-state index contributed by atoms with van der Waals surface area (Å²) in [6.07, 6.45) is 7.54. The SMILES string of the molecule is CCc1ccc(C(O)C(C)N(C)CC2CCCCC2)cc1. The fourth-order valence-electron chi connectivity index (χ4n) is 3.41. The Morgan fingerprint density at radius 1 is 1.14 bits per heavy atom. The molecule has 1 fully saturated rings. The van der Waals surface area contributed by atoms with E-state index in [1.807, 2.05) is 0 Å². The summed E-state index contributed by atoms with van der Waals surface area (Å²) in [5.74, 6) is 0.820. The van der Waals surface area contributed by atoms with Gasteiger partial charge in [-0.05, 0) is 50.3 Å². The second-order valence-corrected chi connectivity index (χ2v) is 6.72. The highest BCUT2D eigenvalue weighted by Gasteiger charge is 2.23. The molecule has 0 bridgehead atoms. The van der Waals surface area contributed by atoms with Crippen LogP contribution in [0.2, 0.25) is 0 Å². The van der Waals surface area contributed by atoms with Crippen molar-refractivity contribution in [3.05, 3.63) is 35.4 Å². The molecule has 0 aromatic heterocycles. The zero-order valence-corrected chi connectivity index (χ0v) is 13.9. The Morgan fingerprint density at radius 2 is 1.76 bits per heavy atom. The number of hydrogen-bond acceptors (Lipinski definition) is 2. The van der Waals surface area contributed by atoms with E-state index in [1.165, 1.54) is 37.7 Å². The van der Waals surface area contributed by atoms with Crippen LogP contribution in [0.15, 0.2) is 24.3 Å². The van der Waals surface area contributed by atoms with Gasteiger partial charge in [0, 0.05) is 12.6 Å². The molecule has 2 heteroatoms. The molecule has 0 heterocycles. The predicted molar refractivity (Wildman–Crippen MR) is 89.4 cm³/mol. The van der Waals surface area contributed by atoms with Crippen molar-refractivity contribution in [1.29, 1.82) is 0 Å². The smallest absolute Gasteiger partial charge is 0.0942 e. The lowest BCUT2D eigenvalue weighted by Gasteiger charge is -2.33. The van der Waals surface area contributed by atoms with Crippen LogP contribution < -0.4 is 0 Å². The molecule has 0 amide bonds. The second-order valence-electron chi connectivity index (χ2n) is 6.72. The van der Waals surface area contributed by atoms with E-state index in [1.54, 1.807) is 0 Å². The van der Waals surface area contributed by atoms with E-state index in [0.29, 0.717) is 0 Å². The van der Waals surface area contributed by atoms with Gasteiger partial charge >= 0.3 is 0 Å². The highest BCUT2D eigenvalue weighted by molar-refractivity contribution is 5.24. The van der Waals surface area contributed by atoms with Gasteiger partial charge in [0.05, 0.1) is 6.10 Å². The minimum Gasteiger partial charge on any atom is -0.387 e. The molecule has 0 radical (unpaired) electrons. The summed E-state index contributed by atoms with van der Waals surface area (Å²) in [6.45, 7) is 5.42. The minimum atomic E-state index is -0.399. The summed E-state index contributed by atoms with van der Waals surface area (Å²) < 4.78 is 0. The van der Waals surface area contributed by atoms with E-state index >= 15 is 0 Å². The van der Waals surface area contributed by atoms with Gasteiger partial charge in [0.15, 0.2) is 0 Å². The van der Waals surface area contributed by atoms with Gasteiger partial charge < -0.3 is 10.0 Å². The molecule has 1 aromatic carbocycles. The summed E-state index contributed by atoms with van der Waals surface area (Å²) in [4.78, 5) is 2.34. The molecule has 2 rings (SSSR count). The first-order valence-corrected chi connectivity index (χ1v) is 8.59. The monoisotopic (exact) mass is 289 g/mol. The number of rotatable bonds is 6. The molecular formula is C19H31NO. The molecule has 0 spiro atoms. The molecule has 1 N–H and O–H groups in total. The largest absolute Gasteiger partial charge is 0.387 e. The van der Waals surface area contributed by atoms with Crippen LogP contribution in [0.3, 0.4) is 0 Å². The lowest BCUT2D eigenvalue weighted by Crippen LogP contribution is -2.38. The van der Waals surface area contributed by atoms with Gasteiger partial charge in [0.25, 0.3) is 0 Å². The van der Waals surface area contributed by atoms with E-state index in [2.05, 4.69) is 50.1 Å². The Morgan fingerprint density at radius 3 is 2.33 bits per heavy atom. The predicted octanol–water partition coefficient (Wildman–Crippen LogP) is 4.18. The molecule has 1 aliphatic carbocycles. The van der Waals surface area contributed by atoms with Gasteiger partial charge in [0.1, 0.15) is 0 Å². The van der Waals surface area contributed by atoms with Crippen molar-refractivity contribution in [1.82, 2.24) is 4.90 Å². The summed E-state index contributed by atoms with van der Waals surface area (Å²) >= 11 is 0. The molecule has 1 aliphatic rings. The van der Waals surface area contributed by atoms with Gasteiger partial charge in [-0.3, -0.25) is 0 Å². The number of nitrogens with zero attached hydrogens (tertiary/aromatic N) is 1. The Balaban J connectivity index is 1.91. The van der Waals surface area contributed by atoms with Crippen LogP contribution in [-0.4, -0.2) is 29.6 Å². The summed E-state index contributed by atoms with van der Waals surface area (Å²) in [6, 6.07) is 8.58. The van der Waals surface area contributed by atoms with Crippen molar-refractivity contribution in [2.45, 2.75) is 64.5 Å². The van der Waals surface area contributed by atoms with Crippen molar-refractivity contribution < 1.29 is 5.11 Å². The Kier molecular flexibility index (Phi) is 6.25. The van der Waals surface area contributed by atoms with Crippen molar-refractivity contribution in [3.63, 3.8) is 0 Å². The van der Waals surface area contributed by atoms with Gasteiger partial charge in [0.2, 0.25) is 0 Å². The lowest BCUT2D eigenvalue weighted by atomic mass is 9.88. The first-order valence-electron chi connectivity index (χ1n) is 8.59. The van der Waals surface area contributed by atoms with Crippen LogP contribution >= 0.6 is 0 Å². The van der Waals surface area contributed by atoms with Crippen molar-refractivity contribution >= 4 is 0 Å². The van der Waals surface area contributed by atoms with Gasteiger partial charge in [-0.15, -0.1) is 0 Å². The number of benzene rings is 1. The number of aryl methyl sites for hydroxylation is 1. The van der Waals surface area contributed by atoms with E-state index in [-0.39, 0.29) is 6.04 Å². The molecule has 0 saturated heterocycles. The third kappa shape index (κ3) is 4.55. The maximum atomic E-state index is 10.6. The van der Waals surface area contributed by atoms with Crippen molar-refractivity contribution in [2.75, 3.05) is 13.6 Å². The third-order valence-corrected chi connectivity index (χ3v) is 5.15. The molecule has 21 heavy (non-hydrogen) atoms. The number of aliphatic hydroxyl groups is 1. The lowest BCUT2D eigenvalue weighted by molar-refractivity contribution is 0.0604. The average molecular weight is 289 g/mol. The van der Waals surface area contributed by atoms with Gasteiger partial charge in [-0.1, -0.05) is 50.5 Å². The normalized spacial score (nSPS) is 19.7. The van der Waals surface area contributed by atoms with Gasteiger partial charge in [-0.25, -0.2) is 0 Å². The van der Waals surface area contributed by atoms with Crippen LogP contribution in [0.1, 0.15) is 63.2 Å². The Labute approximate surface area is 130 Å². The first kappa shape index (κ1) is 16.5. The first-order chi connectivity index (χ1) is 10.1. The third-order valence-electron chi connectivity index (χ3n) is 5.15. The molecular weight excluding hydrogens is 258 g/mol. The van der Waals surface area contributed by atoms with Crippen molar-refractivity contribution in [3.8, 4) is 0 Å². The zero-order valence-electron chi connectivity index (χ0n) is 13.9. The average Bonchev–Trinajstić information content (AvgIpc) is 2.54. The second kappa shape index (κ2) is 7.95. The Bertz CT molecular complexity index is 408. The zero-order chi connectivity index (χ0) is 15.2. The summed E-state index contributed by atoms with van der Waals surface area (Å²) in [5, 5.41) is 10.6. The van der Waals surface area contributed by atoms with E-state index in [9.17, 15) is 5.11 Å². The molecule has 2 nitrogen and oxygen atoms in total. The summed E-state index contributed by atoms with van der Waals surface area (Å²) in [5.41, 5.74) is 2.37. The molecule has 2 unspecified atom stereocenters. The molecule has 1 aromatic rings. The van der Waals surface area contributed by atoms with Crippen LogP contribution in [0.4, 0.5) is 0 Å². The maximum absolute atomic E-state index is 10.6. The molecule has 0 aliphatic heterocycles. The summed E-state index contributed by atoms with van der Waals surface area (Å²) in [7, 11) is 2.16. The van der Waals surface area contributed by atoms with Crippen LogP contribution in [0, 0.1) is 5.92 Å². The highest BCUT2D eigenvalue weighted by Crippen LogP contribution is 2.27. The van der Waals surface area contributed by atoms with E-state index in [4.69, 9.17) is 0 Å². The van der Waals surface area contributed by atoms with E-state index < -0.39 is 6.10 Å². The Hall–Kier alpha value is -0.860. The molecule has 118 valence electrons. The van der Waals surface area contributed by atoms with Crippen LogP contribution in [0.5, 0.6) is 0 Å². The quantitative estimate of drug-likeness (QED) is 0.849. The fraction of sp³-hybridized carbons (Fsp3) is 0.684. The van der Waals surface area contributed by atoms with Gasteiger partial charge in [-0.2, -0.15) is 0 Å². The van der Waals surface area contributed by atoms with Crippen LogP contribution in [-0.2, 0) is 6.42 Å². The van der Waals surface area contributed by atoms with Crippen molar-refractivity contribution in [2.24, 2.45) is 5.92 Å². The molecule has 1 saturated carbocycles. The minimum absolute atomic E-state index is 0.166. The maximum Gasteiger partial charge on any atom is 0.0942 e. The molecule has 2 atom stereocenters. The number of aliphatic hydroxyl groups excluding tert-OH is 1. The standard InChI is InChI=1S/C19H31NO/c1-4-16-10-12-18(13-11-16)19(21)15(2)20(3)14-17-8-6-5-7-9-17/h10-13,15,17,19,21H,4-9,14H2,1-3H3. The number of likely N-dealkylation sites (N-methyl/N-ethyl adjacent to an activating group) is 1. The highest BCUT2D eigenvalue weighted by atomic mass is 16.3. The topological polar surface area (TPSA) is 23.5 Å².